The first-order valence-electron chi connectivity index (χ1n) is 6.09. The van der Waals surface area contributed by atoms with Crippen LogP contribution in [0.25, 0.3) is 5.78 Å². The van der Waals surface area contributed by atoms with Gasteiger partial charge in [0.05, 0.1) is 11.3 Å². The fourth-order valence-corrected chi connectivity index (χ4v) is 1.67. The zero-order chi connectivity index (χ0) is 14.7. The number of aromatic nitrogens is 4. The Bertz CT molecular complexity index is 650. The van der Waals surface area contributed by atoms with Gasteiger partial charge in [0.1, 0.15) is 6.33 Å². The standard InChI is InChI=1S/C12H15N5O3/c1-4-9-8(5-13-12-14-7-15-17(9)12)11(19)20-6-10(18)16(2)3/h5,7H,4,6H2,1-3H3. The summed E-state index contributed by atoms with van der Waals surface area (Å²) in [6.45, 7) is 1.59. The van der Waals surface area contributed by atoms with Gasteiger partial charge in [-0.15, -0.1) is 0 Å². The number of aryl methyl sites for hydroxylation is 1. The SMILES string of the molecule is CCc1c(C(=O)OCC(=O)N(C)C)cnc2ncnn12. The number of hydrogen-bond acceptors (Lipinski definition) is 6. The molecule has 0 saturated heterocycles. The van der Waals surface area contributed by atoms with E-state index in [-0.39, 0.29) is 18.1 Å². The third-order valence-electron chi connectivity index (χ3n) is 2.79. The zero-order valence-electron chi connectivity index (χ0n) is 11.5. The third-order valence-corrected chi connectivity index (χ3v) is 2.79. The van der Waals surface area contributed by atoms with Gasteiger partial charge in [0.15, 0.2) is 6.61 Å². The summed E-state index contributed by atoms with van der Waals surface area (Å²) in [5, 5.41) is 4.02. The Morgan fingerprint density at radius 3 is 2.75 bits per heavy atom. The lowest BCUT2D eigenvalue weighted by Gasteiger charge is -2.11. The maximum absolute atomic E-state index is 12.0. The monoisotopic (exact) mass is 277 g/mol. The van der Waals surface area contributed by atoms with Crippen molar-refractivity contribution in [3.63, 3.8) is 0 Å². The highest BCUT2D eigenvalue weighted by Crippen LogP contribution is 2.11. The van der Waals surface area contributed by atoms with Crippen LogP contribution in [0.3, 0.4) is 0 Å². The fraction of sp³-hybridized carbons (Fsp3) is 0.417. The van der Waals surface area contributed by atoms with Crippen LogP contribution in [-0.4, -0.2) is 57.1 Å². The Hall–Kier alpha value is -2.51. The second kappa shape index (κ2) is 5.64. The highest BCUT2D eigenvalue weighted by molar-refractivity contribution is 5.92. The number of esters is 1. The van der Waals surface area contributed by atoms with Crippen LogP contribution in [0.5, 0.6) is 0 Å². The largest absolute Gasteiger partial charge is 0.452 e. The summed E-state index contributed by atoms with van der Waals surface area (Å²) in [6, 6.07) is 0. The Morgan fingerprint density at radius 2 is 2.10 bits per heavy atom. The number of fused-ring (bicyclic) bond motifs is 1. The van der Waals surface area contributed by atoms with Crippen LogP contribution in [0.15, 0.2) is 12.5 Å². The van der Waals surface area contributed by atoms with Gasteiger partial charge in [0.2, 0.25) is 0 Å². The molecule has 0 N–H and O–H groups in total. The molecule has 0 aliphatic heterocycles. The smallest absolute Gasteiger partial charge is 0.342 e. The van der Waals surface area contributed by atoms with Gasteiger partial charge in [-0.1, -0.05) is 6.92 Å². The van der Waals surface area contributed by atoms with Gasteiger partial charge >= 0.3 is 5.97 Å². The first kappa shape index (κ1) is 13.9. The molecule has 0 atom stereocenters. The van der Waals surface area contributed by atoms with Crippen molar-refractivity contribution < 1.29 is 14.3 Å². The van der Waals surface area contributed by atoms with E-state index in [9.17, 15) is 9.59 Å². The van der Waals surface area contributed by atoms with Gasteiger partial charge in [-0.2, -0.15) is 10.1 Å². The number of ether oxygens (including phenoxy) is 1. The molecule has 2 rings (SSSR count). The van der Waals surface area contributed by atoms with E-state index in [1.165, 1.54) is 21.9 Å². The summed E-state index contributed by atoms with van der Waals surface area (Å²) in [5.74, 6) is -0.462. The number of hydrogen-bond donors (Lipinski definition) is 0. The van der Waals surface area contributed by atoms with Crippen molar-refractivity contribution in [1.82, 2.24) is 24.5 Å². The van der Waals surface area contributed by atoms with Gasteiger partial charge in [-0.25, -0.2) is 14.3 Å². The average molecular weight is 277 g/mol. The second-order valence-electron chi connectivity index (χ2n) is 4.31. The van der Waals surface area contributed by atoms with E-state index in [1.807, 2.05) is 6.92 Å². The van der Waals surface area contributed by atoms with Crippen molar-refractivity contribution in [1.29, 1.82) is 0 Å². The van der Waals surface area contributed by atoms with Crippen molar-refractivity contribution >= 4 is 17.7 Å². The quantitative estimate of drug-likeness (QED) is 0.727. The summed E-state index contributed by atoms with van der Waals surface area (Å²) in [7, 11) is 3.19. The number of carbonyl (C=O) groups excluding carboxylic acids is 2. The Kier molecular flexibility index (Phi) is 3.92. The van der Waals surface area contributed by atoms with Gasteiger partial charge in [-0.05, 0) is 6.42 Å². The summed E-state index contributed by atoms with van der Waals surface area (Å²) in [4.78, 5) is 32.8. The number of rotatable bonds is 4. The van der Waals surface area contributed by atoms with E-state index in [0.717, 1.165) is 0 Å². The van der Waals surface area contributed by atoms with Gasteiger partial charge in [0.25, 0.3) is 11.7 Å². The molecule has 0 radical (unpaired) electrons. The topological polar surface area (TPSA) is 89.7 Å². The molecule has 2 aromatic heterocycles. The molecule has 0 bridgehead atoms. The maximum atomic E-state index is 12.0. The molecule has 0 saturated carbocycles. The number of carbonyl (C=O) groups is 2. The molecule has 2 aromatic rings. The third kappa shape index (κ3) is 2.58. The maximum Gasteiger partial charge on any atom is 0.342 e. The second-order valence-corrected chi connectivity index (χ2v) is 4.31. The molecule has 0 aromatic carbocycles. The van der Waals surface area contributed by atoms with Crippen LogP contribution < -0.4 is 0 Å². The van der Waals surface area contributed by atoms with E-state index < -0.39 is 5.97 Å². The lowest BCUT2D eigenvalue weighted by Crippen LogP contribution is -2.28. The Morgan fingerprint density at radius 1 is 1.35 bits per heavy atom. The van der Waals surface area contributed by atoms with Crippen molar-refractivity contribution in [3.05, 3.63) is 23.8 Å². The van der Waals surface area contributed by atoms with E-state index in [1.54, 1.807) is 14.1 Å². The van der Waals surface area contributed by atoms with Crippen molar-refractivity contribution in [3.8, 4) is 0 Å². The molecule has 0 spiro atoms. The first-order chi connectivity index (χ1) is 9.54. The summed E-state index contributed by atoms with van der Waals surface area (Å²) < 4.78 is 6.48. The van der Waals surface area contributed by atoms with Crippen molar-refractivity contribution in [2.24, 2.45) is 0 Å². The minimum atomic E-state index is -0.595. The first-order valence-corrected chi connectivity index (χ1v) is 6.09. The van der Waals surface area contributed by atoms with Crippen molar-refractivity contribution in [2.45, 2.75) is 13.3 Å². The molecule has 1 amide bonds. The highest BCUT2D eigenvalue weighted by atomic mass is 16.5. The average Bonchev–Trinajstić information content (AvgIpc) is 2.91. The van der Waals surface area contributed by atoms with E-state index >= 15 is 0 Å². The van der Waals surface area contributed by atoms with Crippen LogP contribution in [-0.2, 0) is 16.0 Å². The van der Waals surface area contributed by atoms with Crippen LogP contribution in [0, 0.1) is 0 Å². The summed E-state index contributed by atoms with van der Waals surface area (Å²) >= 11 is 0. The number of likely N-dealkylation sites (N-methyl/N-ethyl adjacent to an activating group) is 1. The molecule has 2 heterocycles. The van der Waals surface area contributed by atoms with E-state index in [4.69, 9.17) is 4.74 Å². The Labute approximate surface area is 115 Å². The van der Waals surface area contributed by atoms with Gasteiger partial charge in [0, 0.05) is 20.3 Å². The summed E-state index contributed by atoms with van der Waals surface area (Å²) in [5.41, 5.74) is 0.937. The molecular weight excluding hydrogens is 262 g/mol. The molecule has 0 aliphatic carbocycles. The molecule has 8 nitrogen and oxygen atoms in total. The minimum Gasteiger partial charge on any atom is -0.452 e. The minimum absolute atomic E-state index is 0.286. The van der Waals surface area contributed by atoms with E-state index in [2.05, 4.69) is 15.1 Å². The van der Waals surface area contributed by atoms with Crippen LogP contribution >= 0.6 is 0 Å². The predicted octanol–water partition coefficient (Wildman–Crippen LogP) is -0.0683. The highest BCUT2D eigenvalue weighted by Gasteiger charge is 2.18. The number of nitrogens with zero attached hydrogens (tertiary/aromatic N) is 5. The molecule has 0 unspecified atom stereocenters. The van der Waals surface area contributed by atoms with Crippen LogP contribution in [0.2, 0.25) is 0 Å². The van der Waals surface area contributed by atoms with E-state index in [0.29, 0.717) is 17.9 Å². The lowest BCUT2D eigenvalue weighted by molar-refractivity contribution is -0.131. The van der Waals surface area contributed by atoms with Crippen LogP contribution in [0.1, 0.15) is 23.0 Å². The zero-order valence-corrected chi connectivity index (χ0v) is 11.5. The molecule has 20 heavy (non-hydrogen) atoms. The summed E-state index contributed by atoms with van der Waals surface area (Å²) in [6.07, 6.45) is 3.33. The van der Waals surface area contributed by atoms with Crippen LogP contribution in [0.4, 0.5) is 0 Å². The molecule has 0 aliphatic rings. The van der Waals surface area contributed by atoms with Crippen molar-refractivity contribution in [2.75, 3.05) is 20.7 Å². The predicted molar refractivity (Wildman–Crippen MR) is 69.1 cm³/mol. The normalized spacial score (nSPS) is 10.6. The van der Waals surface area contributed by atoms with Gasteiger partial charge in [-0.3, -0.25) is 4.79 Å². The fourth-order valence-electron chi connectivity index (χ4n) is 1.67. The van der Waals surface area contributed by atoms with Gasteiger partial charge < -0.3 is 9.64 Å². The molecule has 0 fully saturated rings. The number of amides is 1. The molecule has 8 heteroatoms. The lowest BCUT2D eigenvalue weighted by atomic mass is 10.2. The molecule has 106 valence electrons. The Balaban J connectivity index is 2.23. The molecular formula is C12H15N5O3.